The van der Waals surface area contributed by atoms with Gasteiger partial charge in [0.1, 0.15) is 17.0 Å². The van der Waals surface area contributed by atoms with Gasteiger partial charge in [-0.1, -0.05) is 6.07 Å². The Hall–Kier alpha value is -5.18. The maximum Gasteiger partial charge on any atom is 0.435 e. The second-order valence-corrected chi connectivity index (χ2v) is 16.6. The lowest BCUT2D eigenvalue weighted by atomic mass is 9.91. The summed E-state index contributed by atoms with van der Waals surface area (Å²) >= 11 is 0. The molecule has 1 saturated carbocycles. The molecule has 2 aliphatic rings. The van der Waals surface area contributed by atoms with Gasteiger partial charge < -0.3 is 24.3 Å². The number of imide groups is 1. The fourth-order valence-corrected chi connectivity index (χ4v) is 6.86. The van der Waals surface area contributed by atoms with Crippen LogP contribution in [0.3, 0.4) is 0 Å². The quantitative estimate of drug-likeness (QED) is 0.221. The molecule has 1 aliphatic carbocycles. The van der Waals surface area contributed by atoms with Crippen molar-refractivity contribution in [2.45, 2.75) is 82.3 Å². The molecule has 0 unspecified atom stereocenters. The Morgan fingerprint density at radius 3 is 2.29 bits per heavy atom. The average Bonchev–Trinajstić information content (AvgIpc) is 3.61. The molecule has 4 aromatic rings. The Labute approximate surface area is 295 Å². The molecule has 0 saturated heterocycles. The number of hydrogen-bond donors (Lipinski definition) is 1. The number of carbonyl (C=O) groups is 3. The fourth-order valence-electron chi connectivity index (χ4n) is 6.29. The number of aromatic nitrogens is 3. The zero-order valence-corrected chi connectivity index (χ0v) is 30.8. The molecule has 270 valence electrons. The summed E-state index contributed by atoms with van der Waals surface area (Å²) in [5.74, 6) is 0.379. The van der Waals surface area contributed by atoms with Crippen LogP contribution in [0.2, 0.25) is 0 Å². The summed E-state index contributed by atoms with van der Waals surface area (Å²) in [6.45, 7) is 12.4. The highest BCUT2D eigenvalue weighted by atomic mass is 32.2. The molecule has 15 heteroatoms. The smallest absolute Gasteiger partial charge is 0.435 e. The van der Waals surface area contributed by atoms with Crippen LogP contribution in [-0.2, 0) is 29.5 Å². The first-order valence-corrected chi connectivity index (χ1v) is 18.3. The molecule has 0 bridgehead atoms. The highest BCUT2D eigenvalue weighted by molar-refractivity contribution is 7.90. The number of ether oxygens (including phenoxy) is 4. The van der Waals surface area contributed by atoms with Gasteiger partial charge in [-0.05, 0) is 96.3 Å². The van der Waals surface area contributed by atoms with Gasteiger partial charge in [0.25, 0.3) is 0 Å². The number of pyridine rings is 1. The molecule has 1 N–H and O–H groups in total. The summed E-state index contributed by atoms with van der Waals surface area (Å²) in [6.07, 6.45) is 1.19. The van der Waals surface area contributed by atoms with Crippen LogP contribution < -0.4 is 19.7 Å². The molecule has 3 heterocycles. The Morgan fingerprint density at radius 1 is 0.980 bits per heavy atom. The Morgan fingerprint density at radius 2 is 1.67 bits per heavy atom. The van der Waals surface area contributed by atoms with Crippen molar-refractivity contribution in [3.8, 4) is 11.5 Å². The van der Waals surface area contributed by atoms with Crippen molar-refractivity contribution >= 4 is 56.2 Å². The first-order valence-electron chi connectivity index (χ1n) is 16.4. The van der Waals surface area contributed by atoms with E-state index in [0.29, 0.717) is 34.3 Å². The minimum absolute atomic E-state index is 0.0189. The summed E-state index contributed by atoms with van der Waals surface area (Å²) in [4.78, 5) is 46.6. The number of rotatable bonds is 7. The molecule has 51 heavy (non-hydrogen) atoms. The van der Waals surface area contributed by atoms with E-state index in [4.69, 9.17) is 18.9 Å². The van der Waals surface area contributed by atoms with Gasteiger partial charge in [0.05, 0.1) is 35.2 Å². The number of hydrogen-bond acceptors (Lipinski definition) is 12. The Balaban J connectivity index is 1.44. The van der Waals surface area contributed by atoms with Crippen LogP contribution in [-0.4, -0.2) is 72.5 Å². The van der Waals surface area contributed by atoms with Gasteiger partial charge in [-0.2, -0.15) is 4.68 Å². The lowest BCUT2D eigenvalue weighted by Crippen LogP contribution is -2.41. The number of anilines is 3. The minimum Gasteiger partial charge on any atom is -0.497 e. The highest BCUT2D eigenvalue weighted by Gasteiger charge is 2.68. The lowest BCUT2D eigenvalue weighted by molar-refractivity contribution is -0.120. The second kappa shape index (κ2) is 12.2. The third-order valence-electron chi connectivity index (χ3n) is 8.51. The Kier molecular flexibility index (Phi) is 8.56. The van der Waals surface area contributed by atoms with Crippen molar-refractivity contribution < 1.29 is 41.7 Å². The number of amides is 2. The Bertz CT molecular complexity index is 2200. The normalized spacial score (nSPS) is 18.5. The number of benzene rings is 2. The molecule has 2 aromatic carbocycles. The largest absolute Gasteiger partial charge is 0.497 e. The standard InChI is InChI=1S/C36H41N5O9S/c1-10-48-28-17-22(51(9,45)46)19-37-30(28)38-29-23-13-11-20(15-27(23)41(39-29)33(44)50-35(5,6)7)25-18-36(25)24-16-21(47-8)12-14-26(24)40(31(36)42)32(43)49-34(2,3)4/h11-17,19,25H,10,18H2,1-9H3,(H,37,38,39)/t25-,36-/m0/s1. The SMILES string of the molecule is CCOc1cc(S(C)(=O)=O)cnc1Nc1nn(C(=O)OC(C)(C)C)c2cc([C@@H]3C[C@@]34C(=O)N(C(=O)OC(C)(C)C)c3ccc(OC)cc34)ccc12. The van der Waals surface area contributed by atoms with Crippen LogP contribution in [0.15, 0.2) is 53.6 Å². The van der Waals surface area contributed by atoms with Crippen LogP contribution >= 0.6 is 0 Å². The first kappa shape index (κ1) is 35.6. The number of sulfone groups is 1. The monoisotopic (exact) mass is 719 g/mol. The first-order chi connectivity index (χ1) is 23.8. The fraction of sp³-hybridized carbons (Fsp3) is 0.417. The zero-order valence-electron chi connectivity index (χ0n) is 30.0. The molecule has 2 amide bonds. The molecule has 2 aromatic heterocycles. The van der Waals surface area contributed by atoms with Gasteiger partial charge in [-0.15, -0.1) is 5.10 Å². The number of carbonyl (C=O) groups excluding carboxylic acids is 3. The van der Waals surface area contributed by atoms with E-state index in [0.717, 1.165) is 21.4 Å². The number of nitrogens with one attached hydrogen (secondary N) is 1. The number of fused-ring (bicyclic) bond motifs is 3. The average molecular weight is 720 g/mol. The maximum absolute atomic E-state index is 14.3. The predicted octanol–water partition coefficient (Wildman–Crippen LogP) is 6.48. The number of methoxy groups -OCH3 is 1. The molecule has 6 rings (SSSR count). The van der Waals surface area contributed by atoms with E-state index < -0.39 is 44.5 Å². The van der Waals surface area contributed by atoms with Gasteiger partial charge in [-0.25, -0.2) is 27.9 Å². The van der Waals surface area contributed by atoms with Crippen molar-refractivity contribution in [2.24, 2.45) is 0 Å². The summed E-state index contributed by atoms with van der Waals surface area (Å²) in [7, 11) is -2.03. The van der Waals surface area contributed by atoms with E-state index in [1.807, 2.05) is 6.07 Å². The van der Waals surface area contributed by atoms with Gasteiger partial charge in [0.2, 0.25) is 5.91 Å². The molecular weight excluding hydrogens is 678 g/mol. The molecule has 1 spiro atoms. The summed E-state index contributed by atoms with van der Waals surface area (Å²) in [6, 6.07) is 11.9. The molecule has 2 atom stereocenters. The highest BCUT2D eigenvalue weighted by Crippen LogP contribution is 2.67. The van der Waals surface area contributed by atoms with Gasteiger partial charge >= 0.3 is 12.2 Å². The predicted molar refractivity (Wildman–Crippen MR) is 189 cm³/mol. The van der Waals surface area contributed by atoms with Crippen LogP contribution in [0.5, 0.6) is 11.5 Å². The van der Waals surface area contributed by atoms with Crippen molar-refractivity contribution in [3.63, 3.8) is 0 Å². The van der Waals surface area contributed by atoms with Crippen LogP contribution in [0, 0.1) is 0 Å². The van der Waals surface area contributed by atoms with Crippen molar-refractivity contribution in [3.05, 3.63) is 59.8 Å². The summed E-state index contributed by atoms with van der Waals surface area (Å²) in [5, 5.41) is 8.18. The van der Waals surface area contributed by atoms with E-state index in [1.165, 1.54) is 19.4 Å². The summed E-state index contributed by atoms with van der Waals surface area (Å²) < 4.78 is 48.0. The maximum atomic E-state index is 14.3. The summed E-state index contributed by atoms with van der Waals surface area (Å²) in [5.41, 5.74) is -0.523. The van der Waals surface area contributed by atoms with Crippen molar-refractivity contribution in [2.75, 3.05) is 30.2 Å². The van der Waals surface area contributed by atoms with E-state index >= 15 is 0 Å². The van der Waals surface area contributed by atoms with Crippen molar-refractivity contribution in [1.82, 2.24) is 14.8 Å². The second-order valence-electron chi connectivity index (χ2n) is 14.6. The van der Waals surface area contributed by atoms with E-state index in [-0.39, 0.29) is 34.8 Å². The third kappa shape index (κ3) is 6.57. The van der Waals surface area contributed by atoms with Crippen LogP contribution in [0.4, 0.5) is 26.9 Å². The molecule has 1 fully saturated rings. The molecule has 1 aliphatic heterocycles. The zero-order chi connectivity index (χ0) is 37.3. The lowest BCUT2D eigenvalue weighted by Gasteiger charge is -2.24. The van der Waals surface area contributed by atoms with Gasteiger partial charge in [0, 0.05) is 29.8 Å². The van der Waals surface area contributed by atoms with E-state index in [1.54, 1.807) is 78.8 Å². The van der Waals surface area contributed by atoms with Gasteiger partial charge in [0.15, 0.2) is 27.2 Å². The van der Waals surface area contributed by atoms with E-state index in [9.17, 15) is 22.8 Å². The third-order valence-corrected chi connectivity index (χ3v) is 9.59. The molecular formula is C36H41N5O9S. The van der Waals surface area contributed by atoms with Crippen LogP contribution in [0.25, 0.3) is 10.9 Å². The number of nitrogens with zero attached hydrogens (tertiary/aromatic N) is 4. The van der Waals surface area contributed by atoms with Crippen molar-refractivity contribution in [1.29, 1.82) is 0 Å². The molecule has 14 nitrogen and oxygen atoms in total. The topological polar surface area (TPSA) is 168 Å². The molecule has 0 radical (unpaired) electrons. The van der Waals surface area contributed by atoms with E-state index in [2.05, 4.69) is 15.4 Å². The van der Waals surface area contributed by atoms with Gasteiger partial charge in [-0.3, -0.25) is 4.79 Å². The minimum atomic E-state index is -3.56. The van der Waals surface area contributed by atoms with Crippen LogP contribution in [0.1, 0.15) is 71.9 Å².